The molecule has 0 saturated carbocycles. The number of carbonyl (C=O) groups excluding carboxylic acids is 1. The molecule has 1 amide bonds. The summed E-state index contributed by atoms with van der Waals surface area (Å²) in [6, 6.07) is 18.3. The van der Waals surface area contributed by atoms with E-state index in [4.69, 9.17) is 4.74 Å². The highest BCUT2D eigenvalue weighted by Gasteiger charge is 2.37. The van der Waals surface area contributed by atoms with Gasteiger partial charge in [0.25, 0.3) is 11.6 Å². The van der Waals surface area contributed by atoms with Crippen molar-refractivity contribution in [1.82, 2.24) is 0 Å². The minimum Gasteiger partial charge on any atom is -0.473 e. The molecule has 0 saturated heterocycles. The highest BCUT2D eigenvalue weighted by Crippen LogP contribution is 2.44. The van der Waals surface area contributed by atoms with Gasteiger partial charge in [0.05, 0.1) is 16.7 Å². The van der Waals surface area contributed by atoms with Crippen LogP contribution in [0.4, 0.5) is 21.5 Å². The molecule has 0 bridgehead atoms. The van der Waals surface area contributed by atoms with Crippen molar-refractivity contribution in [3.63, 3.8) is 0 Å². The van der Waals surface area contributed by atoms with Crippen molar-refractivity contribution < 1.29 is 18.8 Å². The van der Waals surface area contributed by atoms with Crippen LogP contribution in [0.5, 0.6) is 5.75 Å². The van der Waals surface area contributed by atoms with Gasteiger partial charge in [-0.25, -0.2) is 4.39 Å². The molecule has 1 aliphatic rings. The van der Waals surface area contributed by atoms with Crippen molar-refractivity contribution in [2.24, 2.45) is 0 Å². The molecule has 0 aromatic heterocycles. The number of nitrogens with zero attached hydrogens (tertiary/aromatic N) is 2. The Hall–Kier alpha value is -3.74. The summed E-state index contributed by atoms with van der Waals surface area (Å²) in [7, 11) is 0. The Morgan fingerprint density at radius 3 is 2.37 bits per heavy atom. The summed E-state index contributed by atoms with van der Waals surface area (Å²) >= 11 is 0. The number of carbonyl (C=O) groups is 1. The van der Waals surface area contributed by atoms with Gasteiger partial charge in [-0.2, -0.15) is 0 Å². The quantitative estimate of drug-likeness (QED) is 0.505. The molecule has 27 heavy (non-hydrogen) atoms. The molecule has 1 aliphatic heterocycles. The monoisotopic (exact) mass is 364 g/mol. The molecule has 7 heteroatoms. The fourth-order valence-electron chi connectivity index (χ4n) is 3.00. The molecular formula is C20H13FN2O4. The number of non-ortho nitro benzene ring substituents is 1. The number of amides is 1. The van der Waals surface area contributed by atoms with Crippen molar-refractivity contribution in [2.45, 2.75) is 6.10 Å². The molecule has 6 nitrogen and oxygen atoms in total. The highest BCUT2D eigenvalue weighted by atomic mass is 19.1. The predicted octanol–water partition coefficient (Wildman–Crippen LogP) is 4.53. The van der Waals surface area contributed by atoms with Crippen molar-refractivity contribution in [3.05, 3.63) is 94.3 Å². The maximum absolute atomic E-state index is 13.3. The zero-order valence-corrected chi connectivity index (χ0v) is 13.9. The summed E-state index contributed by atoms with van der Waals surface area (Å²) in [6.45, 7) is 0. The van der Waals surface area contributed by atoms with E-state index in [1.165, 1.54) is 47.4 Å². The largest absolute Gasteiger partial charge is 0.473 e. The molecule has 0 spiro atoms. The minimum absolute atomic E-state index is 0.144. The Morgan fingerprint density at radius 1 is 1.00 bits per heavy atom. The molecule has 0 N–H and O–H groups in total. The zero-order chi connectivity index (χ0) is 19.0. The zero-order valence-electron chi connectivity index (χ0n) is 13.9. The number of nitro groups is 1. The summed E-state index contributed by atoms with van der Waals surface area (Å²) in [6.07, 6.45) is -0.967. The number of hydrogen-bond donors (Lipinski definition) is 0. The van der Waals surface area contributed by atoms with Crippen molar-refractivity contribution in [3.8, 4) is 5.75 Å². The van der Waals surface area contributed by atoms with Crippen LogP contribution in [0.1, 0.15) is 11.7 Å². The first-order valence-corrected chi connectivity index (χ1v) is 8.14. The minimum atomic E-state index is -0.967. The fraction of sp³-hybridized carbons (Fsp3) is 0.0500. The summed E-state index contributed by atoms with van der Waals surface area (Å²) in [4.78, 5) is 25.1. The average Bonchev–Trinajstić information content (AvgIpc) is 2.69. The normalized spacial score (nSPS) is 15.8. The number of benzene rings is 3. The second-order valence-electron chi connectivity index (χ2n) is 5.97. The maximum atomic E-state index is 13.3. The van der Waals surface area contributed by atoms with Gasteiger partial charge >= 0.3 is 0 Å². The third-order valence-electron chi connectivity index (χ3n) is 4.27. The first-order chi connectivity index (χ1) is 13.0. The van der Waals surface area contributed by atoms with Crippen LogP contribution in [-0.4, -0.2) is 10.8 Å². The molecule has 0 radical (unpaired) electrons. The summed E-state index contributed by atoms with van der Waals surface area (Å²) in [5.41, 5.74) is 1.28. The summed E-state index contributed by atoms with van der Waals surface area (Å²) in [5.74, 6) is -0.584. The van der Waals surface area contributed by atoms with Gasteiger partial charge < -0.3 is 4.74 Å². The maximum Gasteiger partial charge on any atom is 0.277 e. The van der Waals surface area contributed by atoms with E-state index >= 15 is 0 Å². The van der Waals surface area contributed by atoms with Gasteiger partial charge in [0.1, 0.15) is 5.82 Å². The Balaban J connectivity index is 1.87. The van der Waals surface area contributed by atoms with E-state index in [-0.39, 0.29) is 17.3 Å². The first kappa shape index (κ1) is 16.7. The molecule has 0 fully saturated rings. The van der Waals surface area contributed by atoms with Crippen LogP contribution in [0.25, 0.3) is 0 Å². The van der Waals surface area contributed by atoms with E-state index in [0.717, 1.165) is 0 Å². The van der Waals surface area contributed by atoms with Crippen LogP contribution in [0.15, 0.2) is 72.8 Å². The molecule has 1 unspecified atom stereocenters. The second kappa shape index (κ2) is 6.53. The topological polar surface area (TPSA) is 72.7 Å². The van der Waals surface area contributed by atoms with Gasteiger partial charge in [0, 0.05) is 17.3 Å². The number of rotatable bonds is 3. The smallest absolute Gasteiger partial charge is 0.277 e. The standard InChI is InChI=1S/C20H13FN2O4/c21-14-6-8-15(9-7-14)22-17-11-10-16(23(25)26)12-18(17)27-19(20(22)24)13-4-2-1-3-5-13/h1-12,19H. The highest BCUT2D eigenvalue weighted by molar-refractivity contribution is 6.06. The first-order valence-electron chi connectivity index (χ1n) is 8.14. The van der Waals surface area contributed by atoms with Crippen LogP contribution in [0.3, 0.4) is 0 Å². The summed E-state index contributed by atoms with van der Waals surface area (Å²) in [5, 5.41) is 11.1. The Bertz CT molecular complexity index is 1020. The molecule has 3 aromatic rings. The predicted molar refractivity (Wildman–Crippen MR) is 96.5 cm³/mol. The van der Waals surface area contributed by atoms with E-state index < -0.39 is 16.8 Å². The second-order valence-corrected chi connectivity index (χ2v) is 5.97. The molecule has 1 heterocycles. The number of anilines is 2. The Kier molecular flexibility index (Phi) is 4.04. The van der Waals surface area contributed by atoms with Gasteiger partial charge in [-0.3, -0.25) is 19.8 Å². The van der Waals surface area contributed by atoms with Crippen molar-refractivity contribution in [2.75, 3.05) is 4.90 Å². The number of ether oxygens (including phenoxy) is 1. The molecule has 134 valence electrons. The summed E-state index contributed by atoms with van der Waals surface area (Å²) < 4.78 is 19.2. The van der Waals surface area contributed by atoms with Crippen LogP contribution < -0.4 is 9.64 Å². The fourth-order valence-corrected chi connectivity index (χ4v) is 3.00. The molecule has 3 aromatic carbocycles. The Morgan fingerprint density at radius 2 is 1.70 bits per heavy atom. The third kappa shape index (κ3) is 2.99. The SMILES string of the molecule is O=C1C(c2ccccc2)Oc2cc([N+](=O)[O-])ccc2N1c1ccc(F)cc1. The van der Waals surface area contributed by atoms with Gasteiger partial charge in [-0.05, 0) is 30.3 Å². The van der Waals surface area contributed by atoms with Crippen LogP contribution in [-0.2, 0) is 4.79 Å². The number of hydrogen-bond acceptors (Lipinski definition) is 4. The lowest BCUT2D eigenvalue weighted by Crippen LogP contribution is -2.38. The Labute approximate surface area is 153 Å². The van der Waals surface area contributed by atoms with Gasteiger partial charge in [-0.15, -0.1) is 0 Å². The number of halogens is 1. The van der Waals surface area contributed by atoms with Gasteiger partial charge in [-0.1, -0.05) is 30.3 Å². The molecular weight excluding hydrogens is 351 g/mol. The lowest BCUT2D eigenvalue weighted by atomic mass is 10.0. The lowest BCUT2D eigenvalue weighted by Gasteiger charge is -2.34. The molecule has 0 aliphatic carbocycles. The van der Waals surface area contributed by atoms with E-state index in [0.29, 0.717) is 16.9 Å². The van der Waals surface area contributed by atoms with Crippen LogP contribution in [0.2, 0.25) is 0 Å². The van der Waals surface area contributed by atoms with E-state index in [9.17, 15) is 19.3 Å². The average molecular weight is 364 g/mol. The van der Waals surface area contributed by atoms with Gasteiger partial charge in [0.15, 0.2) is 5.75 Å². The third-order valence-corrected chi connectivity index (χ3v) is 4.27. The lowest BCUT2D eigenvalue weighted by molar-refractivity contribution is -0.384. The van der Waals surface area contributed by atoms with Crippen molar-refractivity contribution in [1.29, 1.82) is 0 Å². The van der Waals surface area contributed by atoms with Crippen LogP contribution in [0, 0.1) is 15.9 Å². The van der Waals surface area contributed by atoms with Crippen LogP contribution >= 0.6 is 0 Å². The van der Waals surface area contributed by atoms with Crippen molar-refractivity contribution >= 4 is 23.0 Å². The van der Waals surface area contributed by atoms with E-state index in [2.05, 4.69) is 0 Å². The number of fused-ring (bicyclic) bond motifs is 1. The van der Waals surface area contributed by atoms with E-state index in [1.807, 2.05) is 6.07 Å². The van der Waals surface area contributed by atoms with Gasteiger partial charge in [0.2, 0.25) is 6.10 Å². The number of nitro benzene ring substituents is 1. The molecule has 1 atom stereocenters. The van der Waals surface area contributed by atoms with E-state index in [1.54, 1.807) is 24.3 Å². The molecule has 4 rings (SSSR count).